The molecule has 0 saturated heterocycles. The molecule has 28 heavy (non-hydrogen) atoms. The van der Waals surface area contributed by atoms with Gasteiger partial charge in [-0.2, -0.15) is 0 Å². The first-order valence-electron chi connectivity index (χ1n) is 9.13. The molecule has 0 fully saturated rings. The van der Waals surface area contributed by atoms with Gasteiger partial charge >= 0.3 is 0 Å². The SMILES string of the molecule is Cc1cc(C)c(S(=O)(=O)NCCC(=O)Nc2cccc3ccccc23)c(C)c1. The molecule has 0 aliphatic carbocycles. The van der Waals surface area contributed by atoms with Crippen LogP contribution in [0.2, 0.25) is 0 Å². The number of carbonyl (C=O) groups excluding carboxylic acids is 1. The number of fused-ring (bicyclic) bond motifs is 1. The van der Waals surface area contributed by atoms with Gasteiger partial charge in [0.1, 0.15) is 0 Å². The van der Waals surface area contributed by atoms with E-state index in [1.165, 1.54) is 0 Å². The summed E-state index contributed by atoms with van der Waals surface area (Å²) in [6, 6.07) is 17.2. The van der Waals surface area contributed by atoms with Gasteiger partial charge < -0.3 is 5.32 Å². The number of sulfonamides is 1. The third kappa shape index (κ3) is 4.40. The van der Waals surface area contributed by atoms with Crippen LogP contribution in [0, 0.1) is 20.8 Å². The minimum atomic E-state index is -3.67. The fourth-order valence-corrected chi connectivity index (χ4v) is 4.99. The second kappa shape index (κ2) is 8.12. The Morgan fingerprint density at radius 1 is 0.929 bits per heavy atom. The molecule has 5 nitrogen and oxygen atoms in total. The predicted molar refractivity (Wildman–Crippen MR) is 113 cm³/mol. The molecule has 3 rings (SSSR count). The molecule has 0 spiro atoms. The zero-order valence-electron chi connectivity index (χ0n) is 16.2. The Kier molecular flexibility index (Phi) is 5.82. The largest absolute Gasteiger partial charge is 0.325 e. The Hall–Kier alpha value is -2.70. The van der Waals surface area contributed by atoms with Gasteiger partial charge in [-0.05, 0) is 43.4 Å². The lowest BCUT2D eigenvalue weighted by molar-refractivity contribution is -0.116. The van der Waals surface area contributed by atoms with Crippen LogP contribution >= 0.6 is 0 Å². The molecule has 0 atom stereocenters. The van der Waals surface area contributed by atoms with Crippen molar-refractivity contribution in [1.82, 2.24) is 4.72 Å². The Labute approximate surface area is 165 Å². The molecule has 0 saturated carbocycles. The maximum atomic E-state index is 12.7. The van der Waals surface area contributed by atoms with Crippen LogP contribution in [0.5, 0.6) is 0 Å². The van der Waals surface area contributed by atoms with Crippen molar-refractivity contribution in [1.29, 1.82) is 0 Å². The van der Waals surface area contributed by atoms with E-state index in [0.29, 0.717) is 11.1 Å². The summed E-state index contributed by atoms with van der Waals surface area (Å²) in [7, 11) is -3.67. The molecule has 0 heterocycles. The fraction of sp³-hybridized carbons (Fsp3) is 0.227. The van der Waals surface area contributed by atoms with Gasteiger partial charge in [-0.3, -0.25) is 4.79 Å². The standard InChI is InChI=1S/C22H24N2O3S/c1-15-13-16(2)22(17(3)14-15)28(26,27)23-12-11-21(25)24-20-10-6-8-18-7-4-5-9-19(18)20/h4-10,13-14,23H,11-12H2,1-3H3,(H,24,25). The smallest absolute Gasteiger partial charge is 0.241 e. The molecule has 2 N–H and O–H groups in total. The van der Waals surface area contributed by atoms with Crippen LogP contribution in [-0.4, -0.2) is 20.9 Å². The summed E-state index contributed by atoms with van der Waals surface area (Å²) >= 11 is 0. The van der Waals surface area contributed by atoms with Crippen LogP contribution < -0.4 is 10.0 Å². The van der Waals surface area contributed by atoms with Crippen LogP contribution in [-0.2, 0) is 14.8 Å². The second-order valence-corrected chi connectivity index (χ2v) is 8.65. The van der Waals surface area contributed by atoms with Crippen molar-refractivity contribution in [2.24, 2.45) is 0 Å². The fourth-order valence-electron chi connectivity index (χ4n) is 3.51. The van der Waals surface area contributed by atoms with Crippen molar-refractivity contribution < 1.29 is 13.2 Å². The van der Waals surface area contributed by atoms with E-state index in [2.05, 4.69) is 10.0 Å². The minimum absolute atomic E-state index is 0.0334. The molecule has 0 aliphatic rings. The molecule has 0 aromatic heterocycles. The highest BCUT2D eigenvalue weighted by atomic mass is 32.2. The van der Waals surface area contributed by atoms with Crippen molar-refractivity contribution in [3.05, 3.63) is 71.3 Å². The van der Waals surface area contributed by atoms with Gasteiger partial charge in [-0.15, -0.1) is 0 Å². The van der Waals surface area contributed by atoms with Crippen LogP contribution in [0.3, 0.4) is 0 Å². The van der Waals surface area contributed by atoms with E-state index >= 15 is 0 Å². The van der Waals surface area contributed by atoms with Gasteiger partial charge in [0, 0.05) is 24.0 Å². The number of hydrogen-bond acceptors (Lipinski definition) is 3. The van der Waals surface area contributed by atoms with Crippen molar-refractivity contribution in [3.63, 3.8) is 0 Å². The molecular formula is C22H24N2O3S. The van der Waals surface area contributed by atoms with Crippen molar-refractivity contribution in [2.75, 3.05) is 11.9 Å². The van der Waals surface area contributed by atoms with E-state index in [-0.39, 0.29) is 23.8 Å². The molecular weight excluding hydrogens is 372 g/mol. The third-order valence-corrected chi connectivity index (χ3v) is 6.35. The van der Waals surface area contributed by atoms with Gasteiger partial charge in [0.25, 0.3) is 0 Å². The number of amides is 1. The zero-order valence-corrected chi connectivity index (χ0v) is 17.1. The molecule has 1 amide bonds. The highest BCUT2D eigenvalue weighted by molar-refractivity contribution is 7.89. The molecule has 3 aromatic rings. The normalized spacial score (nSPS) is 11.5. The number of rotatable bonds is 6. The van der Waals surface area contributed by atoms with E-state index in [1.54, 1.807) is 13.8 Å². The van der Waals surface area contributed by atoms with Crippen LogP contribution in [0.4, 0.5) is 5.69 Å². The summed E-state index contributed by atoms with van der Waals surface area (Å²) in [5.41, 5.74) is 3.13. The minimum Gasteiger partial charge on any atom is -0.325 e. The molecule has 146 valence electrons. The first-order valence-corrected chi connectivity index (χ1v) is 10.6. The molecule has 0 radical (unpaired) electrons. The van der Waals surface area contributed by atoms with Crippen molar-refractivity contribution in [3.8, 4) is 0 Å². The number of anilines is 1. The molecule has 6 heteroatoms. The molecule has 0 aliphatic heterocycles. The van der Waals surface area contributed by atoms with E-state index in [0.717, 1.165) is 22.0 Å². The Morgan fingerprint density at radius 2 is 1.57 bits per heavy atom. The zero-order chi connectivity index (χ0) is 20.3. The van der Waals surface area contributed by atoms with E-state index in [9.17, 15) is 13.2 Å². The van der Waals surface area contributed by atoms with Crippen LogP contribution in [0.15, 0.2) is 59.5 Å². The first kappa shape index (κ1) is 20.0. The molecule has 0 unspecified atom stereocenters. The van der Waals surface area contributed by atoms with E-state index < -0.39 is 10.0 Å². The average molecular weight is 397 g/mol. The summed E-state index contributed by atoms with van der Waals surface area (Å²) in [4.78, 5) is 12.6. The number of benzene rings is 3. The lowest BCUT2D eigenvalue weighted by atomic mass is 10.1. The number of nitrogens with one attached hydrogen (secondary N) is 2. The van der Waals surface area contributed by atoms with Crippen molar-refractivity contribution >= 4 is 32.4 Å². The highest BCUT2D eigenvalue weighted by Gasteiger charge is 2.19. The third-order valence-electron chi connectivity index (χ3n) is 4.58. The lowest BCUT2D eigenvalue weighted by Gasteiger charge is -2.13. The first-order chi connectivity index (χ1) is 13.3. The topological polar surface area (TPSA) is 75.3 Å². The Bertz CT molecular complexity index is 1110. The Balaban J connectivity index is 1.65. The predicted octanol–water partition coefficient (Wildman–Crippen LogP) is 4.07. The van der Waals surface area contributed by atoms with Crippen LogP contribution in [0.1, 0.15) is 23.1 Å². The quantitative estimate of drug-likeness (QED) is 0.659. The van der Waals surface area contributed by atoms with Gasteiger partial charge in [0.15, 0.2) is 0 Å². The van der Waals surface area contributed by atoms with E-state index in [1.807, 2.05) is 61.5 Å². The van der Waals surface area contributed by atoms with Gasteiger partial charge in [0.2, 0.25) is 15.9 Å². The Morgan fingerprint density at radius 3 is 2.29 bits per heavy atom. The van der Waals surface area contributed by atoms with Gasteiger partial charge in [-0.1, -0.05) is 54.1 Å². The van der Waals surface area contributed by atoms with E-state index in [4.69, 9.17) is 0 Å². The van der Waals surface area contributed by atoms with Gasteiger partial charge in [-0.25, -0.2) is 13.1 Å². The number of hydrogen-bond donors (Lipinski definition) is 2. The maximum Gasteiger partial charge on any atom is 0.241 e. The molecule has 0 bridgehead atoms. The number of aryl methyl sites for hydroxylation is 3. The molecule has 3 aromatic carbocycles. The highest BCUT2D eigenvalue weighted by Crippen LogP contribution is 2.23. The van der Waals surface area contributed by atoms with Crippen LogP contribution in [0.25, 0.3) is 10.8 Å². The summed E-state index contributed by atoms with van der Waals surface area (Å²) in [5.74, 6) is -0.239. The summed E-state index contributed by atoms with van der Waals surface area (Å²) in [6.07, 6.45) is 0.0480. The lowest BCUT2D eigenvalue weighted by Crippen LogP contribution is -2.29. The number of carbonyl (C=O) groups is 1. The van der Waals surface area contributed by atoms with Gasteiger partial charge in [0.05, 0.1) is 4.90 Å². The summed E-state index contributed by atoms with van der Waals surface area (Å²) in [5, 5.41) is 4.85. The average Bonchev–Trinajstić information content (AvgIpc) is 2.60. The summed E-state index contributed by atoms with van der Waals surface area (Å²) < 4.78 is 27.9. The monoisotopic (exact) mass is 396 g/mol. The summed E-state index contributed by atoms with van der Waals surface area (Å²) in [6.45, 7) is 5.52. The maximum absolute atomic E-state index is 12.7. The van der Waals surface area contributed by atoms with Crippen molar-refractivity contribution in [2.45, 2.75) is 32.1 Å². The second-order valence-electron chi connectivity index (χ2n) is 6.95.